The third-order valence-electron chi connectivity index (χ3n) is 6.66. The van der Waals surface area contributed by atoms with Crippen LogP contribution in [0.25, 0.3) is 0 Å². The quantitative estimate of drug-likeness (QED) is 0.185. The molecule has 0 aliphatic rings. The van der Waals surface area contributed by atoms with Gasteiger partial charge in [0.1, 0.15) is 42.8 Å². The van der Waals surface area contributed by atoms with E-state index < -0.39 is 50.9 Å². The minimum absolute atomic E-state index is 0.238. The Bertz CT molecular complexity index is 1950. The minimum atomic E-state index is -4.59. The standard InChI is InChI=1S/C31H29FN2O11S2/c1-43-24-8-12-26(13-9-24)46(39,40)33(18-30(35)36)23-7-16-28(29(17-23)45-20-21-3-5-22(32)6-4-21)34(19-31(37)38)47(41,42)27-14-10-25(44-2)11-15-27/h3-17H,18-20H2,1-2H3,(H,35,36)(H,37,38). The molecule has 0 spiro atoms. The van der Waals surface area contributed by atoms with Gasteiger partial charge in [-0.25, -0.2) is 21.2 Å². The molecule has 0 fully saturated rings. The van der Waals surface area contributed by atoms with Crippen molar-refractivity contribution < 1.29 is 55.2 Å². The highest BCUT2D eigenvalue weighted by atomic mass is 32.2. The van der Waals surface area contributed by atoms with E-state index in [-0.39, 0.29) is 33.5 Å². The average Bonchev–Trinajstić information content (AvgIpc) is 3.05. The van der Waals surface area contributed by atoms with Crippen molar-refractivity contribution in [3.8, 4) is 17.2 Å². The fourth-order valence-corrected chi connectivity index (χ4v) is 7.16. The Morgan fingerprint density at radius 1 is 0.681 bits per heavy atom. The molecule has 13 nitrogen and oxygen atoms in total. The third-order valence-corrected chi connectivity index (χ3v) is 10.2. The average molecular weight is 689 g/mol. The van der Waals surface area contributed by atoms with Crippen molar-refractivity contribution in [2.45, 2.75) is 16.4 Å². The van der Waals surface area contributed by atoms with Gasteiger partial charge in [-0.1, -0.05) is 12.1 Å². The first-order valence-corrected chi connectivity index (χ1v) is 16.4. The molecule has 0 atom stereocenters. The number of methoxy groups -OCH3 is 2. The summed E-state index contributed by atoms with van der Waals surface area (Å²) < 4.78 is 85.8. The number of carboxylic acids is 2. The largest absolute Gasteiger partial charge is 0.497 e. The van der Waals surface area contributed by atoms with Crippen molar-refractivity contribution in [1.29, 1.82) is 0 Å². The summed E-state index contributed by atoms with van der Waals surface area (Å²) in [4.78, 5) is 23.3. The van der Waals surface area contributed by atoms with E-state index in [0.29, 0.717) is 25.7 Å². The summed E-state index contributed by atoms with van der Waals surface area (Å²) in [5.74, 6) is -3.17. The maximum atomic E-state index is 13.8. The Labute approximate surface area is 270 Å². The number of halogens is 1. The van der Waals surface area contributed by atoms with Crippen LogP contribution in [0.1, 0.15) is 5.56 Å². The van der Waals surface area contributed by atoms with E-state index in [0.717, 1.165) is 30.3 Å². The Morgan fingerprint density at radius 2 is 1.15 bits per heavy atom. The minimum Gasteiger partial charge on any atom is -0.497 e. The summed E-state index contributed by atoms with van der Waals surface area (Å²) in [6.07, 6.45) is 0. The van der Waals surface area contributed by atoms with Gasteiger partial charge in [0.15, 0.2) is 0 Å². The van der Waals surface area contributed by atoms with Crippen molar-refractivity contribution in [3.05, 3.63) is 102 Å². The molecule has 4 aromatic carbocycles. The second-order valence-corrected chi connectivity index (χ2v) is 13.5. The van der Waals surface area contributed by atoms with E-state index in [1.807, 2.05) is 0 Å². The van der Waals surface area contributed by atoms with Gasteiger partial charge in [0.2, 0.25) is 0 Å². The van der Waals surface area contributed by atoms with Crippen molar-refractivity contribution in [3.63, 3.8) is 0 Å². The van der Waals surface area contributed by atoms with Gasteiger partial charge in [0.25, 0.3) is 20.0 Å². The molecule has 0 amide bonds. The lowest BCUT2D eigenvalue weighted by atomic mass is 10.2. The summed E-state index contributed by atoms with van der Waals surface area (Å²) in [5, 5.41) is 19.4. The van der Waals surface area contributed by atoms with Gasteiger partial charge in [0, 0.05) is 6.07 Å². The molecule has 0 unspecified atom stereocenters. The second kappa shape index (κ2) is 14.4. The first-order valence-electron chi connectivity index (χ1n) is 13.5. The van der Waals surface area contributed by atoms with E-state index in [1.54, 1.807) is 0 Å². The van der Waals surface area contributed by atoms with Crippen LogP contribution < -0.4 is 22.8 Å². The summed E-state index contributed by atoms with van der Waals surface area (Å²) in [7, 11) is -6.35. The molecule has 0 saturated heterocycles. The van der Waals surface area contributed by atoms with E-state index >= 15 is 0 Å². The fraction of sp³-hybridized carbons (Fsp3) is 0.161. The molecule has 0 aliphatic carbocycles. The van der Waals surface area contributed by atoms with Crippen LogP contribution in [0.5, 0.6) is 17.2 Å². The number of aliphatic carboxylic acids is 2. The maximum absolute atomic E-state index is 13.8. The zero-order valence-electron chi connectivity index (χ0n) is 24.9. The number of nitrogens with zero attached hydrogens (tertiary/aromatic N) is 2. The zero-order chi connectivity index (χ0) is 34.4. The summed E-state index contributed by atoms with van der Waals surface area (Å²) >= 11 is 0. The second-order valence-electron chi connectivity index (χ2n) is 9.73. The molecule has 0 aromatic heterocycles. The number of carbonyl (C=O) groups is 2. The molecule has 2 N–H and O–H groups in total. The molecule has 4 aromatic rings. The highest BCUT2D eigenvalue weighted by Crippen LogP contribution is 2.38. The van der Waals surface area contributed by atoms with Crippen LogP contribution in [-0.2, 0) is 36.2 Å². The van der Waals surface area contributed by atoms with Crippen LogP contribution in [-0.4, -0.2) is 66.3 Å². The first kappa shape index (κ1) is 34.5. The van der Waals surface area contributed by atoms with Crippen LogP contribution in [0.3, 0.4) is 0 Å². The van der Waals surface area contributed by atoms with Crippen LogP contribution in [0.15, 0.2) is 101 Å². The topological polar surface area (TPSA) is 177 Å². The number of rotatable bonds is 15. The molecule has 0 saturated carbocycles. The smallest absolute Gasteiger partial charge is 0.324 e. The first-order chi connectivity index (χ1) is 22.3. The van der Waals surface area contributed by atoms with Crippen molar-refractivity contribution in [2.75, 3.05) is 35.9 Å². The molecule has 0 aliphatic heterocycles. The molecule has 0 bridgehead atoms. The van der Waals surface area contributed by atoms with Crippen LogP contribution >= 0.6 is 0 Å². The van der Waals surface area contributed by atoms with Crippen molar-refractivity contribution >= 4 is 43.4 Å². The van der Waals surface area contributed by atoms with Gasteiger partial charge >= 0.3 is 11.9 Å². The van der Waals surface area contributed by atoms with Gasteiger partial charge < -0.3 is 24.4 Å². The molecule has 0 radical (unpaired) electrons. The third kappa shape index (κ3) is 8.09. The highest BCUT2D eigenvalue weighted by Gasteiger charge is 2.32. The Balaban J connectivity index is 1.88. The number of hydrogen-bond donors (Lipinski definition) is 2. The number of anilines is 2. The predicted octanol–water partition coefficient (Wildman–Crippen LogP) is 3.98. The molecule has 16 heteroatoms. The molecule has 4 rings (SSSR count). The molecular formula is C31H29FN2O11S2. The summed E-state index contributed by atoms with van der Waals surface area (Å²) in [6, 6.07) is 18.8. The molecule has 248 valence electrons. The fourth-order valence-electron chi connectivity index (χ4n) is 4.33. The van der Waals surface area contributed by atoms with Crippen LogP contribution in [0.4, 0.5) is 15.8 Å². The van der Waals surface area contributed by atoms with Gasteiger partial charge in [-0.3, -0.25) is 18.2 Å². The summed E-state index contributed by atoms with van der Waals surface area (Å²) in [6.45, 7) is -2.39. The summed E-state index contributed by atoms with van der Waals surface area (Å²) in [5.41, 5.74) is -0.108. The zero-order valence-corrected chi connectivity index (χ0v) is 26.6. The lowest BCUT2D eigenvalue weighted by Crippen LogP contribution is -2.37. The van der Waals surface area contributed by atoms with E-state index in [2.05, 4.69) is 0 Å². The van der Waals surface area contributed by atoms with Crippen LogP contribution in [0.2, 0.25) is 0 Å². The van der Waals surface area contributed by atoms with Gasteiger partial charge in [-0.15, -0.1) is 0 Å². The highest BCUT2D eigenvalue weighted by molar-refractivity contribution is 7.93. The number of benzene rings is 4. The monoisotopic (exact) mass is 688 g/mol. The van der Waals surface area contributed by atoms with Gasteiger partial charge in [-0.05, 0) is 78.4 Å². The van der Waals surface area contributed by atoms with Crippen molar-refractivity contribution in [2.24, 2.45) is 0 Å². The van der Waals surface area contributed by atoms with Crippen molar-refractivity contribution in [1.82, 2.24) is 0 Å². The number of hydrogen-bond acceptors (Lipinski definition) is 9. The van der Waals surface area contributed by atoms with E-state index in [9.17, 15) is 41.0 Å². The molecular weight excluding hydrogens is 659 g/mol. The number of sulfonamides is 2. The predicted molar refractivity (Wildman–Crippen MR) is 167 cm³/mol. The number of ether oxygens (including phenoxy) is 3. The number of carboxylic acid groups (broad SMARTS) is 2. The van der Waals surface area contributed by atoms with E-state index in [4.69, 9.17) is 14.2 Å². The Morgan fingerprint density at radius 3 is 1.62 bits per heavy atom. The lowest BCUT2D eigenvalue weighted by molar-refractivity contribution is -0.136. The van der Waals surface area contributed by atoms with Gasteiger partial charge in [-0.2, -0.15) is 0 Å². The SMILES string of the molecule is COc1ccc(S(=O)(=O)N(CC(=O)O)c2ccc(N(CC(=O)O)S(=O)(=O)c3ccc(OC)cc3)c(OCc3ccc(F)cc3)c2)cc1. The molecule has 47 heavy (non-hydrogen) atoms. The van der Waals surface area contributed by atoms with Crippen LogP contribution in [0, 0.1) is 5.82 Å². The lowest BCUT2D eigenvalue weighted by Gasteiger charge is -2.28. The Hall–Kier alpha value is -5.35. The van der Waals surface area contributed by atoms with E-state index in [1.165, 1.54) is 74.9 Å². The Kier molecular flexibility index (Phi) is 10.6. The maximum Gasteiger partial charge on any atom is 0.324 e. The normalized spacial score (nSPS) is 11.4. The van der Waals surface area contributed by atoms with Gasteiger partial charge in [0.05, 0.1) is 35.4 Å². The molecule has 0 heterocycles.